The van der Waals surface area contributed by atoms with Crippen LogP contribution in [0.5, 0.6) is 0 Å². The molecule has 2 aromatic heterocycles. The van der Waals surface area contributed by atoms with Gasteiger partial charge in [0, 0.05) is 37.5 Å². The van der Waals surface area contributed by atoms with E-state index in [1.807, 2.05) is 4.90 Å². The number of thiophene rings is 1. The fourth-order valence-electron chi connectivity index (χ4n) is 3.06. The molecule has 24 heavy (non-hydrogen) atoms. The number of fused-ring (bicyclic) bond motifs is 1. The number of nitrogens with zero attached hydrogens (tertiary/aromatic N) is 4. The van der Waals surface area contributed by atoms with E-state index in [9.17, 15) is 4.79 Å². The van der Waals surface area contributed by atoms with Crippen LogP contribution in [0.1, 0.15) is 38.5 Å². The quantitative estimate of drug-likeness (QED) is 0.833. The van der Waals surface area contributed by atoms with Crippen LogP contribution in [0.4, 0.5) is 5.82 Å². The molecule has 0 unspecified atom stereocenters. The summed E-state index contributed by atoms with van der Waals surface area (Å²) < 4.78 is 0. The highest BCUT2D eigenvalue weighted by atomic mass is 32.1. The van der Waals surface area contributed by atoms with E-state index in [1.165, 1.54) is 4.88 Å². The summed E-state index contributed by atoms with van der Waals surface area (Å²) in [6.45, 7) is 9.75. The molecule has 3 heterocycles. The number of aromatic nitrogens is 2. The van der Waals surface area contributed by atoms with Gasteiger partial charge in [-0.05, 0) is 24.8 Å². The third-order valence-corrected chi connectivity index (χ3v) is 5.76. The summed E-state index contributed by atoms with van der Waals surface area (Å²) in [4.78, 5) is 27.9. The molecule has 0 bridgehead atoms. The van der Waals surface area contributed by atoms with E-state index >= 15 is 0 Å². The Bertz CT molecular complexity index is 704. The van der Waals surface area contributed by atoms with Gasteiger partial charge in [0.1, 0.15) is 17.0 Å². The van der Waals surface area contributed by atoms with Gasteiger partial charge >= 0.3 is 0 Å². The van der Waals surface area contributed by atoms with Crippen LogP contribution in [0.3, 0.4) is 0 Å². The molecule has 0 spiro atoms. The molecule has 0 atom stereocenters. The number of carbonyl (C=O) groups is 1. The summed E-state index contributed by atoms with van der Waals surface area (Å²) in [5.41, 5.74) is 0. The fraction of sp³-hybridized carbons (Fsp3) is 0.611. The van der Waals surface area contributed by atoms with E-state index in [4.69, 9.17) is 0 Å². The standard InChI is InChI=1S/C18H26N4OS/c1-4-14-11-15-17(19-12-20-18(15)24-14)22-9-7-21(8-10-22)16(23)6-5-13(2)3/h11-13H,4-10H2,1-3H3. The van der Waals surface area contributed by atoms with Crippen molar-refractivity contribution < 1.29 is 4.79 Å². The van der Waals surface area contributed by atoms with E-state index < -0.39 is 0 Å². The van der Waals surface area contributed by atoms with Crippen molar-refractivity contribution >= 4 is 33.3 Å². The predicted octanol–water partition coefficient (Wildman–Crippen LogP) is 3.34. The summed E-state index contributed by atoms with van der Waals surface area (Å²) in [6, 6.07) is 2.22. The van der Waals surface area contributed by atoms with Gasteiger partial charge in [0.15, 0.2) is 0 Å². The second-order valence-electron chi connectivity index (χ2n) is 6.78. The van der Waals surface area contributed by atoms with E-state index in [0.717, 1.165) is 55.1 Å². The zero-order chi connectivity index (χ0) is 17.1. The number of hydrogen-bond acceptors (Lipinski definition) is 5. The van der Waals surface area contributed by atoms with E-state index in [1.54, 1.807) is 17.7 Å². The van der Waals surface area contributed by atoms with Gasteiger partial charge in [0.25, 0.3) is 0 Å². The molecule has 1 aliphatic heterocycles. The minimum Gasteiger partial charge on any atom is -0.352 e. The van der Waals surface area contributed by atoms with Crippen LogP contribution in [0.2, 0.25) is 0 Å². The van der Waals surface area contributed by atoms with Crippen molar-refractivity contribution in [2.75, 3.05) is 31.1 Å². The highest BCUT2D eigenvalue weighted by Crippen LogP contribution is 2.31. The summed E-state index contributed by atoms with van der Waals surface area (Å²) in [5.74, 6) is 1.89. The number of carbonyl (C=O) groups excluding carboxylic acids is 1. The van der Waals surface area contributed by atoms with Crippen molar-refractivity contribution in [3.05, 3.63) is 17.3 Å². The van der Waals surface area contributed by atoms with Crippen molar-refractivity contribution in [2.45, 2.75) is 40.0 Å². The number of piperazine rings is 1. The molecule has 0 radical (unpaired) electrons. The van der Waals surface area contributed by atoms with E-state index in [2.05, 4.69) is 41.7 Å². The maximum Gasteiger partial charge on any atom is 0.222 e. The molecular formula is C18H26N4OS. The first-order valence-corrected chi connectivity index (χ1v) is 9.66. The molecule has 1 aliphatic rings. The average molecular weight is 346 g/mol. The van der Waals surface area contributed by atoms with Crippen LogP contribution in [-0.4, -0.2) is 47.0 Å². The van der Waals surface area contributed by atoms with E-state index in [-0.39, 0.29) is 0 Å². The maximum atomic E-state index is 12.3. The first-order chi connectivity index (χ1) is 11.6. The van der Waals surface area contributed by atoms with Gasteiger partial charge in [0.05, 0.1) is 5.39 Å². The van der Waals surface area contributed by atoms with Crippen molar-refractivity contribution in [1.82, 2.24) is 14.9 Å². The highest BCUT2D eigenvalue weighted by Gasteiger charge is 2.23. The Labute approximate surface area is 147 Å². The van der Waals surface area contributed by atoms with Gasteiger partial charge in [-0.15, -0.1) is 11.3 Å². The molecule has 0 aliphatic carbocycles. The monoisotopic (exact) mass is 346 g/mol. The Hall–Kier alpha value is -1.69. The first kappa shape index (κ1) is 17.1. The maximum absolute atomic E-state index is 12.3. The molecule has 3 rings (SSSR count). The van der Waals surface area contributed by atoms with Crippen molar-refractivity contribution in [1.29, 1.82) is 0 Å². The molecule has 1 fully saturated rings. The van der Waals surface area contributed by atoms with Crippen molar-refractivity contribution in [3.8, 4) is 0 Å². The summed E-state index contributed by atoms with van der Waals surface area (Å²) in [5, 5.41) is 1.15. The van der Waals surface area contributed by atoms with Gasteiger partial charge in [0.2, 0.25) is 5.91 Å². The summed E-state index contributed by atoms with van der Waals surface area (Å²) in [6.07, 6.45) is 4.33. The summed E-state index contributed by atoms with van der Waals surface area (Å²) in [7, 11) is 0. The zero-order valence-corrected chi connectivity index (χ0v) is 15.6. The Morgan fingerprint density at radius 1 is 1.25 bits per heavy atom. The number of aryl methyl sites for hydroxylation is 1. The topological polar surface area (TPSA) is 49.3 Å². The fourth-order valence-corrected chi connectivity index (χ4v) is 3.99. The molecule has 6 heteroatoms. The normalized spacial score (nSPS) is 15.5. The Morgan fingerprint density at radius 3 is 2.67 bits per heavy atom. The first-order valence-electron chi connectivity index (χ1n) is 8.84. The third-order valence-electron chi connectivity index (χ3n) is 4.58. The molecule has 0 aromatic carbocycles. The second kappa shape index (κ2) is 7.47. The van der Waals surface area contributed by atoms with Gasteiger partial charge in [-0.1, -0.05) is 20.8 Å². The van der Waals surface area contributed by atoms with Crippen LogP contribution in [0, 0.1) is 5.92 Å². The van der Waals surface area contributed by atoms with E-state index in [0.29, 0.717) is 18.2 Å². The van der Waals surface area contributed by atoms with Gasteiger partial charge in [-0.3, -0.25) is 4.79 Å². The van der Waals surface area contributed by atoms with Crippen LogP contribution in [0.15, 0.2) is 12.4 Å². The van der Waals surface area contributed by atoms with Gasteiger partial charge in [-0.25, -0.2) is 9.97 Å². The van der Waals surface area contributed by atoms with Crippen LogP contribution >= 0.6 is 11.3 Å². The van der Waals surface area contributed by atoms with Crippen LogP contribution in [0.25, 0.3) is 10.2 Å². The van der Waals surface area contributed by atoms with Crippen molar-refractivity contribution in [3.63, 3.8) is 0 Å². The molecule has 2 aromatic rings. The highest BCUT2D eigenvalue weighted by molar-refractivity contribution is 7.18. The lowest BCUT2D eigenvalue weighted by atomic mass is 10.1. The number of rotatable bonds is 5. The smallest absolute Gasteiger partial charge is 0.222 e. The predicted molar refractivity (Wildman–Crippen MR) is 99.7 cm³/mol. The molecule has 1 amide bonds. The zero-order valence-electron chi connectivity index (χ0n) is 14.8. The SMILES string of the molecule is CCc1cc2c(N3CCN(C(=O)CCC(C)C)CC3)ncnc2s1. The lowest BCUT2D eigenvalue weighted by Gasteiger charge is -2.35. The second-order valence-corrected chi connectivity index (χ2v) is 7.90. The Kier molecular flexibility index (Phi) is 5.33. The minimum absolute atomic E-state index is 0.292. The van der Waals surface area contributed by atoms with Crippen molar-refractivity contribution in [2.24, 2.45) is 5.92 Å². The van der Waals surface area contributed by atoms with Crippen LogP contribution in [-0.2, 0) is 11.2 Å². The average Bonchev–Trinajstić information content (AvgIpc) is 3.03. The molecular weight excluding hydrogens is 320 g/mol. The minimum atomic E-state index is 0.292. The molecule has 130 valence electrons. The Balaban J connectivity index is 1.67. The number of amides is 1. The Morgan fingerprint density at radius 2 is 2.00 bits per heavy atom. The number of hydrogen-bond donors (Lipinski definition) is 0. The molecule has 0 N–H and O–H groups in total. The van der Waals surface area contributed by atoms with Gasteiger partial charge < -0.3 is 9.80 Å². The number of anilines is 1. The van der Waals surface area contributed by atoms with Crippen LogP contribution < -0.4 is 4.90 Å². The third kappa shape index (κ3) is 3.69. The lowest BCUT2D eigenvalue weighted by molar-refractivity contribution is -0.131. The lowest BCUT2D eigenvalue weighted by Crippen LogP contribution is -2.49. The molecule has 5 nitrogen and oxygen atoms in total. The summed E-state index contributed by atoms with van der Waals surface area (Å²) >= 11 is 1.75. The molecule has 0 saturated carbocycles. The van der Waals surface area contributed by atoms with Gasteiger partial charge in [-0.2, -0.15) is 0 Å². The largest absolute Gasteiger partial charge is 0.352 e. The molecule has 1 saturated heterocycles.